The Morgan fingerprint density at radius 2 is 1.89 bits per heavy atom. The van der Waals surface area contributed by atoms with Crippen molar-refractivity contribution in [3.8, 4) is 17.2 Å². The summed E-state index contributed by atoms with van der Waals surface area (Å²) in [6.07, 6.45) is -0.304. The molecule has 1 saturated heterocycles. The predicted molar refractivity (Wildman–Crippen MR) is 144 cm³/mol. The van der Waals surface area contributed by atoms with Gasteiger partial charge in [-0.05, 0) is 48.0 Å². The molecule has 2 N–H and O–H groups in total. The molecule has 0 unspecified atom stereocenters. The number of amides is 2. The number of ether oxygens (including phenoxy) is 3. The summed E-state index contributed by atoms with van der Waals surface area (Å²) in [7, 11) is 1.51. The first-order chi connectivity index (χ1) is 18.6. The second-order valence-corrected chi connectivity index (χ2v) is 10.2. The standard InChI is InChI=1S/C28H26N4O5S/c1-35-22-11-8-18-12-23(22)36-16-26(33)29-13-17-6-9-19(10-7-17)37-24-15-32(14-21(24)30-27(18)34)28-31-20-4-2-3-5-25(20)38-28/h2-12,21,24H,13-16H2,1H3,(H,29,33)(H,30,34)/t21-,24-/m0/s1. The number of fused-ring (bicyclic) bond motifs is 8. The number of aromatic nitrogens is 1. The van der Waals surface area contributed by atoms with Crippen LogP contribution in [0.4, 0.5) is 5.13 Å². The van der Waals surface area contributed by atoms with Crippen LogP contribution in [0.15, 0.2) is 66.7 Å². The van der Waals surface area contributed by atoms with E-state index in [2.05, 4.69) is 21.6 Å². The molecule has 4 bridgehead atoms. The number of carbonyl (C=O) groups is 2. The highest BCUT2D eigenvalue weighted by Crippen LogP contribution is 2.32. The Bertz CT molecular complexity index is 1460. The molecule has 3 aliphatic rings. The van der Waals surface area contributed by atoms with Crippen LogP contribution in [0.1, 0.15) is 15.9 Å². The summed E-state index contributed by atoms with van der Waals surface area (Å²) < 4.78 is 18.6. The van der Waals surface area contributed by atoms with Crippen molar-refractivity contribution >= 4 is 38.5 Å². The molecular weight excluding hydrogens is 504 g/mol. The SMILES string of the molecule is COc1ccc2cc1OCC(=O)NCc1ccc(cc1)O[C@H]1CN(c3nc4ccccc4s3)C[C@@H]1NC2=O. The number of benzene rings is 3. The molecule has 0 saturated carbocycles. The van der Waals surface area contributed by atoms with Crippen LogP contribution in [0.5, 0.6) is 17.2 Å². The van der Waals surface area contributed by atoms with Crippen molar-refractivity contribution in [2.24, 2.45) is 0 Å². The lowest BCUT2D eigenvalue weighted by molar-refractivity contribution is -0.123. The van der Waals surface area contributed by atoms with Gasteiger partial charge in [0.2, 0.25) is 0 Å². The third-order valence-corrected chi connectivity index (χ3v) is 7.72. The van der Waals surface area contributed by atoms with Crippen molar-refractivity contribution in [3.05, 3.63) is 77.9 Å². The lowest BCUT2D eigenvalue weighted by atomic mass is 10.1. The summed E-state index contributed by atoms with van der Waals surface area (Å²) >= 11 is 1.62. The maximum atomic E-state index is 13.4. The van der Waals surface area contributed by atoms with E-state index < -0.39 is 0 Å². The minimum atomic E-state index is -0.304. The summed E-state index contributed by atoms with van der Waals surface area (Å²) in [4.78, 5) is 32.7. The Balaban J connectivity index is 1.32. The summed E-state index contributed by atoms with van der Waals surface area (Å²) in [6.45, 7) is 1.27. The molecule has 38 heavy (non-hydrogen) atoms. The number of hydrogen-bond donors (Lipinski definition) is 2. The van der Waals surface area contributed by atoms with Crippen LogP contribution in [0.3, 0.4) is 0 Å². The highest BCUT2D eigenvalue weighted by molar-refractivity contribution is 7.22. The third kappa shape index (κ3) is 4.95. The maximum absolute atomic E-state index is 13.4. The van der Waals surface area contributed by atoms with Crippen molar-refractivity contribution in [2.75, 3.05) is 31.7 Å². The highest BCUT2D eigenvalue weighted by Gasteiger charge is 2.37. The lowest BCUT2D eigenvalue weighted by Gasteiger charge is -2.21. The number of methoxy groups -OCH3 is 1. The van der Waals surface area contributed by atoms with Crippen LogP contribution in [-0.2, 0) is 11.3 Å². The first-order valence-corrected chi connectivity index (χ1v) is 13.1. The largest absolute Gasteiger partial charge is 0.493 e. The average molecular weight is 531 g/mol. The van der Waals surface area contributed by atoms with Crippen LogP contribution in [0, 0.1) is 0 Å². The first kappa shape index (κ1) is 24.1. The van der Waals surface area contributed by atoms with E-state index in [-0.39, 0.29) is 30.6 Å². The number of nitrogens with one attached hydrogen (secondary N) is 2. The second kappa shape index (κ2) is 10.2. The van der Waals surface area contributed by atoms with Gasteiger partial charge < -0.3 is 29.7 Å². The zero-order valence-corrected chi connectivity index (χ0v) is 21.5. The van der Waals surface area contributed by atoms with Crippen molar-refractivity contribution in [3.63, 3.8) is 0 Å². The molecule has 7 rings (SSSR count). The van der Waals surface area contributed by atoms with Gasteiger partial charge in [-0.3, -0.25) is 9.59 Å². The fraction of sp³-hybridized carbons (Fsp3) is 0.250. The number of nitrogens with zero attached hydrogens (tertiary/aromatic N) is 2. The van der Waals surface area contributed by atoms with E-state index in [0.29, 0.717) is 42.4 Å². The van der Waals surface area contributed by atoms with E-state index in [0.717, 1.165) is 20.9 Å². The first-order valence-electron chi connectivity index (χ1n) is 12.3. The Morgan fingerprint density at radius 1 is 1.05 bits per heavy atom. The van der Waals surface area contributed by atoms with E-state index in [1.54, 1.807) is 29.5 Å². The Morgan fingerprint density at radius 3 is 2.71 bits per heavy atom. The summed E-state index contributed by atoms with van der Waals surface area (Å²) in [6, 6.07) is 20.2. The molecule has 4 heterocycles. The molecule has 4 aromatic rings. The number of hydrogen-bond acceptors (Lipinski definition) is 8. The Kier molecular flexibility index (Phi) is 6.47. The smallest absolute Gasteiger partial charge is 0.258 e. The van der Waals surface area contributed by atoms with Crippen molar-refractivity contribution in [1.29, 1.82) is 0 Å². The van der Waals surface area contributed by atoms with Gasteiger partial charge in [0.15, 0.2) is 23.2 Å². The van der Waals surface area contributed by atoms with Gasteiger partial charge in [0.1, 0.15) is 11.9 Å². The molecule has 0 aliphatic carbocycles. The number of anilines is 1. The molecule has 2 amide bonds. The molecule has 1 aromatic heterocycles. The Hall–Kier alpha value is -4.31. The van der Waals surface area contributed by atoms with Crippen molar-refractivity contribution < 1.29 is 23.8 Å². The van der Waals surface area contributed by atoms with E-state index >= 15 is 0 Å². The van der Waals surface area contributed by atoms with E-state index in [1.807, 2.05) is 42.5 Å². The fourth-order valence-electron chi connectivity index (χ4n) is 4.62. The molecule has 3 aromatic carbocycles. The summed E-state index contributed by atoms with van der Waals surface area (Å²) in [5.74, 6) is 0.891. The zero-order chi connectivity index (χ0) is 26.1. The van der Waals surface area contributed by atoms with Gasteiger partial charge in [-0.2, -0.15) is 0 Å². The predicted octanol–water partition coefficient (Wildman–Crippen LogP) is 3.38. The van der Waals surface area contributed by atoms with Crippen LogP contribution >= 0.6 is 11.3 Å². The fourth-order valence-corrected chi connectivity index (χ4v) is 5.61. The molecule has 9 nitrogen and oxygen atoms in total. The third-order valence-electron chi connectivity index (χ3n) is 6.62. The topological polar surface area (TPSA) is 102 Å². The van der Waals surface area contributed by atoms with Gasteiger partial charge >= 0.3 is 0 Å². The minimum absolute atomic E-state index is 0.204. The summed E-state index contributed by atoms with van der Waals surface area (Å²) in [5, 5.41) is 6.88. The number of rotatable bonds is 2. The molecular formula is C28H26N4O5S. The molecule has 0 spiro atoms. The second-order valence-electron chi connectivity index (χ2n) is 9.18. The van der Waals surface area contributed by atoms with Crippen molar-refractivity contribution in [1.82, 2.24) is 15.6 Å². The average Bonchev–Trinajstić information content (AvgIpc) is 3.55. The molecule has 3 aliphatic heterocycles. The lowest BCUT2D eigenvalue weighted by Crippen LogP contribution is -2.45. The van der Waals surface area contributed by atoms with Crippen LogP contribution in [-0.4, -0.2) is 55.8 Å². The van der Waals surface area contributed by atoms with Gasteiger partial charge in [0, 0.05) is 18.7 Å². The van der Waals surface area contributed by atoms with Crippen LogP contribution < -0.4 is 29.7 Å². The number of carbonyl (C=O) groups excluding carboxylic acids is 2. The number of para-hydroxylation sites is 1. The van der Waals surface area contributed by atoms with Gasteiger partial charge in [-0.25, -0.2) is 4.98 Å². The monoisotopic (exact) mass is 530 g/mol. The van der Waals surface area contributed by atoms with E-state index in [9.17, 15) is 9.59 Å². The van der Waals surface area contributed by atoms with Gasteiger partial charge in [-0.15, -0.1) is 0 Å². The molecule has 2 atom stereocenters. The molecule has 194 valence electrons. The summed E-state index contributed by atoms with van der Waals surface area (Å²) in [5.41, 5.74) is 2.28. The molecule has 10 heteroatoms. The van der Waals surface area contributed by atoms with Gasteiger partial charge in [0.25, 0.3) is 11.8 Å². The molecule has 0 radical (unpaired) electrons. The molecule has 1 fully saturated rings. The minimum Gasteiger partial charge on any atom is -0.493 e. The van der Waals surface area contributed by atoms with E-state index in [1.165, 1.54) is 7.11 Å². The quantitative estimate of drug-likeness (QED) is 0.410. The van der Waals surface area contributed by atoms with Gasteiger partial charge in [0.05, 0.1) is 29.9 Å². The van der Waals surface area contributed by atoms with Crippen LogP contribution in [0.2, 0.25) is 0 Å². The van der Waals surface area contributed by atoms with Gasteiger partial charge in [-0.1, -0.05) is 35.6 Å². The highest BCUT2D eigenvalue weighted by atomic mass is 32.1. The van der Waals surface area contributed by atoms with Crippen LogP contribution in [0.25, 0.3) is 10.2 Å². The Labute approximate surface area is 223 Å². The maximum Gasteiger partial charge on any atom is 0.258 e. The van der Waals surface area contributed by atoms with E-state index in [4.69, 9.17) is 19.2 Å². The normalized spacial score (nSPS) is 19.7. The van der Waals surface area contributed by atoms with Crippen molar-refractivity contribution in [2.45, 2.75) is 18.7 Å². The number of thiazole rings is 1. The zero-order valence-electron chi connectivity index (χ0n) is 20.7.